The molecule has 16 heavy (non-hydrogen) atoms. The van der Waals surface area contributed by atoms with Crippen molar-refractivity contribution in [1.82, 2.24) is 4.90 Å². The van der Waals surface area contributed by atoms with Gasteiger partial charge in [0.1, 0.15) is 0 Å². The fourth-order valence-corrected chi connectivity index (χ4v) is 2.13. The van der Waals surface area contributed by atoms with Gasteiger partial charge < -0.3 is 10.5 Å². The number of likely N-dealkylation sites (N-methyl/N-ethyl adjacent to an activating group) is 1. The molecule has 2 atom stereocenters. The van der Waals surface area contributed by atoms with Crippen molar-refractivity contribution in [2.24, 2.45) is 5.73 Å². The molecule has 2 rings (SSSR count). The van der Waals surface area contributed by atoms with Gasteiger partial charge in [0.15, 0.2) is 0 Å². The van der Waals surface area contributed by atoms with Crippen molar-refractivity contribution in [3.63, 3.8) is 0 Å². The van der Waals surface area contributed by atoms with Crippen LogP contribution in [0.4, 0.5) is 0 Å². The molecule has 3 nitrogen and oxygen atoms in total. The molecule has 1 aromatic rings. The summed E-state index contributed by atoms with van der Waals surface area (Å²) in [4.78, 5) is 2.39. The lowest BCUT2D eigenvalue weighted by molar-refractivity contribution is -0.0392. The zero-order valence-electron chi connectivity index (χ0n) is 9.80. The zero-order valence-corrected chi connectivity index (χ0v) is 9.80. The summed E-state index contributed by atoms with van der Waals surface area (Å²) in [7, 11) is 0. The van der Waals surface area contributed by atoms with Crippen LogP contribution in [0.3, 0.4) is 0 Å². The number of nitrogens with two attached hydrogens (primary N) is 1. The Balaban J connectivity index is 2.01. The molecule has 0 bridgehead atoms. The molecule has 0 saturated carbocycles. The molecule has 0 amide bonds. The molecule has 1 saturated heterocycles. The van der Waals surface area contributed by atoms with Crippen molar-refractivity contribution >= 4 is 0 Å². The van der Waals surface area contributed by atoms with Crippen molar-refractivity contribution < 1.29 is 4.74 Å². The summed E-state index contributed by atoms with van der Waals surface area (Å²) in [6, 6.07) is 10.2. The molecule has 1 aliphatic rings. The monoisotopic (exact) mass is 220 g/mol. The number of rotatable bonds is 3. The average Bonchev–Trinajstić information content (AvgIpc) is 2.39. The van der Waals surface area contributed by atoms with Crippen LogP contribution in [0.2, 0.25) is 0 Å². The summed E-state index contributed by atoms with van der Waals surface area (Å²) >= 11 is 0. The second-order valence-corrected chi connectivity index (χ2v) is 4.24. The first-order valence-electron chi connectivity index (χ1n) is 5.95. The highest BCUT2D eigenvalue weighted by Gasteiger charge is 2.25. The smallest absolute Gasteiger partial charge is 0.0894 e. The zero-order chi connectivity index (χ0) is 11.4. The van der Waals surface area contributed by atoms with Crippen LogP contribution in [-0.4, -0.2) is 37.2 Å². The van der Waals surface area contributed by atoms with Crippen LogP contribution >= 0.6 is 0 Å². The Kier molecular flexibility index (Phi) is 3.93. The third kappa shape index (κ3) is 2.61. The van der Waals surface area contributed by atoms with Gasteiger partial charge in [-0.3, -0.25) is 4.90 Å². The van der Waals surface area contributed by atoms with E-state index >= 15 is 0 Å². The summed E-state index contributed by atoms with van der Waals surface area (Å²) in [5, 5.41) is 0. The summed E-state index contributed by atoms with van der Waals surface area (Å²) < 4.78 is 5.76. The third-order valence-electron chi connectivity index (χ3n) is 3.21. The van der Waals surface area contributed by atoms with E-state index in [1.807, 2.05) is 18.2 Å². The van der Waals surface area contributed by atoms with Crippen molar-refractivity contribution in [3.8, 4) is 0 Å². The molecule has 1 heterocycles. The van der Waals surface area contributed by atoms with Gasteiger partial charge in [-0.15, -0.1) is 0 Å². The third-order valence-corrected chi connectivity index (χ3v) is 3.21. The number of morpholine rings is 1. The largest absolute Gasteiger partial charge is 0.374 e. The lowest BCUT2D eigenvalue weighted by Gasteiger charge is -2.35. The highest BCUT2D eigenvalue weighted by Crippen LogP contribution is 2.19. The van der Waals surface area contributed by atoms with Gasteiger partial charge in [-0.2, -0.15) is 0 Å². The topological polar surface area (TPSA) is 38.5 Å². The lowest BCUT2D eigenvalue weighted by Crippen LogP contribution is -2.46. The van der Waals surface area contributed by atoms with Crippen LogP contribution in [0.1, 0.15) is 18.5 Å². The minimum Gasteiger partial charge on any atom is -0.374 e. The van der Waals surface area contributed by atoms with Crippen LogP contribution in [0, 0.1) is 0 Å². The minimum atomic E-state index is -0.0180. The maximum atomic E-state index is 6.23. The van der Waals surface area contributed by atoms with Crippen LogP contribution in [-0.2, 0) is 4.74 Å². The van der Waals surface area contributed by atoms with Gasteiger partial charge >= 0.3 is 0 Å². The Bertz CT molecular complexity index is 315. The molecule has 3 heteroatoms. The highest BCUT2D eigenvalue weighted by atomic mass is 16.5. The molecule has 0 radical (unpaired) electrons. The predicted octanol–water partition coefficient (Wildman–Crippen LogP) is 1.41. The van der Waals surface area contributed by atoms with Gasteiger partial charge in [-0.05, 0) is 12.1 Å². The molecule has 88 valence electrons. The molecule has 0 spiro atoms. The van der Waals surface area contributed by atoms with Crippen molar-refractivity contribution in [3.05, 3.63) is 35.9 Å². The first-order valence-corrected chi connectivity index (χ1v) is 5.95. The summed E-state index contributed by atoms with van der Waals surface area (Å²) in [5.74, 6) is 0. The van der Waals surface area contributed by atoms with Crippen molar-refractivity contribution in [2.75, 3.05) is 26.2 Å². The molecule has 0 aliphatic carbocycles. The standard InChI is InChI=1S/C13H20N2O/c1-2-15-8-9-16-12(10-15)13(14)11-6-4-3-5-7-11/h3-7,12-13H,2,8-10,14H2,1H3. The fourth-order valence-electron chi connectivity index (χ4n) is 2.13. The Hall–Kier alpha value is -0.900. The lowest BCUT2D eigenvalue weighted by atomic mass is 10.0. The summed E-state index contributed by atoms with van der Waals surface area (Å²) in [6.45, 7) is 6.00. The minimum absolute atomic E-state index is 0.0180. The normalized spacial score (nSPS) is 24.2. The van der Waals surface area contributed by atoms with Gasteiger partial charge in [0.05, 0.1) is 18.8 Å². The molecular formula is C13H20N2O. The van der Waals surface area contributed by atoms with Crippen LogP contribution in [0.5, 0.6) is 0 Å². The van der Waals surface area contributed by atoms with Crippen LogP contribution in [0.15, 0.2) is 30.3 Å². The molecule has 1 aromatic carbocycles. The van der Waals surface area contributed by atoms with E-state index in [9.17, 15) is 0 Å². The molecule has 1 aliphatic heterocycles. The van der Waals surface area contributed by atoms with Gasteiger partial charge in [-0.25, -0.2) is 0 Å². The van der Waals surface area contributed by atoms with Gasteiger partial charge in [0.2, 0.25) is 0 Å². The van der Waals surface area contributed by atoms with E-state index in [1.165, 1.54) is 0 Å². The van der Waals surface area contributed by atoms with Gasteiger partial charge in [0.25, 0.3) is 0 Å². The van der Waals surface area contributed by atoms with E-state index in [0.717, 1.165) is 31.8 Å². The van der Waals surface area contributed by atoms with Gasteiger partial charge in [0, 0.05) is 13.1 Å². The highest BCUT2D eigenvalue weighted by molar-refractivity contribution is 5.19. The summed E-state index contributed by atoms with van der Waals surface area (Å²) in [6.07, 6.45) is 0.121. The van der Waals surface area contributed by atoms with E-state index in [2.05, 4.69) is 24.0 Å². The Morgan fingerprint density at radius 1 is 1.44 bits per heavy atom. The number of benzene rings is 1. The molecule has 1 fully saturated rings. The van der Waals surface area contributed by atoms with E-state index in [1.54, 1.807) is 0 Å². The Morgan fingerprint density at radius 2 is 2.19 bits per heavy atom. The summed E-state index contributed by atoms with van der Waals surface area (Å²) in [5.41, 5.74) is 7.39. The predicted molar refractivity (Wildman–Crippen MR) is 65.2 cm³/mol. The number of hydrogen-bond donors (Lipinski definition) is 1. The number of nitrogens with zero attached hydrogens (tertiary/aromatic N) is 1. The molecule has 0 aromatic heterocycles. The van der Waals surface area contributed by atoms with E-state index in [-0.39, 0.29) is 12.1 Å². The average molecular weight is 220 g/mol. The Morgan fingerprint density at radius 3 is 2.88 bits per heavy atom. The quantitative estimate of drug-likeness (QED) is 0.837. The molecular weight excluding hydrogens is 200 g/mol. The molecule has 2 N–H and O–H groups in total. The fraction of sp³-hybridized carbons (Fsp3) is 0.538. The van der Waals surface area contributed by atoms with E-state index in [4.69, 9.17) is 10.5 Å². The second-order valence-electron chi connectivity index (χ2n) is 4.24. The van der Waals surface area contributed by atoms with Gasteiger partial charge in [-0.1, -0.05) is 37.3 Å². The van der Waals surface area contributed by atoms with Crippen LogP contribution in [0.25, 0.3) is 0 Å². The second kappa shape index (κ2) is 5.43. The maximum Gasteiger partial charge on any atom is 0.0894 e. The van der Waals surface area contributed by atoms with E-state index in [0.29, 0.717) is 0 Å². The van der Waals surface area contributed by atoms with E-state index < -0.39 is 0 Å². The first-order chi connectivity index (χ1) is 7.81. The SMILES string of the molecule is CCN1CCOC(C(N)c2ccccc2)C1. The maximum absolute atomic E-state index is 6.23. The number of hydrogen-bond acceptors (Lipinski definition) is 3. The van der Waals surface area contributed by atoms with Crippen molar-refractivity contribution in [2.45, 2.75) is 19.1 Å². The Labute approximate surface area is 97.2 Å². The first kappa shape index (κ1) is 11.6. The molecule has 2 unspecified atom stereocenters. The van der Waals surface area contributed by atoms with Crippen molar-refractivity contribution in [1.29, 1.82) is 0 Å². The van der Waals surface area contributed by atoms with Crippen LogP contribution < -0.4 is 5.73 Å². The number of ether oxygens (including phenoxy) is 1.